The minimum Gasteiger partial charge on any atom is -0.452 e. The Kier molecular flexibility index (Phi) is 22.1. The van der Waals surface area contributed by atoms with Gasteiger partial charge in [0.15, 0.2) is 42.9 Å². The molecule has 16 nitrogen and oxygen atoms in total. The molecule has 0 spiro atoms. The summed E-state index contributed by atoms with van der Waals surface area (Å²) in [5.74, 6) is -5.19. The van der Waals surface area contributed by atoms with Gasteiger partial charge in [-0.1, -0.05) is 218 Å². The molecular weight excluding hydrogens is 1310 g/mol. The lowest BCUT2D eigenvalue weighted by Gasteiger charge is -2.48. The number of hydrogen-bond donors (Lipinski definition) is 0. The highest BCUT2D eigenvalue weighted by Gasteiger charge is 2.58. The van der Waals surface area contributed by atoms with Crippen LogP contribution in [0.25, 0.3) is 0 Å². The van der Waals surface area contributed by atoms with E-state index >= 15 is 0 Å². The Morgan fingerprint density at radius 3 is 1.01 bits per heavy atom. The van der Waals surface area contributed by atoms with Gasteiger partial charge in [0.25, 0.3) is 8.32 Å². The molecule has 2 heterocycles. The first-order valence-electron chi connectivity index (χ1n) is 30.8. The van der Waals surface area contributed by atoms with Gasteiger partial charge in [0.05, 0.1) is 46.6 Å². The summed E-state index contributed by atoms with van der Waals surface area (Å²) in [6.45, 7) is 5.27. The molecule has 0 aliphatic carbocycles. The van der Waals surface area contributed by atoms with Gasteiger partial charge in [-0.3, -0.25) is 0 Å². The summed E-state index contributed by atoms with van der Waals surface area (Å²) in [6, 6.07) is 75.7. The molecule has 95 heavy (non-hydrogen) atoms. The molecule has 2 aliphatic rings. The number of hydrogen-bond acceptors (Lipinski definition) is 17. The summed E-state index contributed by atoms with van der Waals surface area (Å²) in [6.07, 6.45) is -14.8. The highest BCUT2D eigenvalue weighted by Crippen LogP contribution is 2.42. The monoisotopic (exact) mass is 1370 g/mol. The molecule has 0 amide bonds. The standard InChI is InChI=1S/C76H67BrO16SSi/c1-76(2,3)95(58-40-24-10-25-41-58,59-42-26-11-27-43-59)85-49-61-63(89-69(79)51-30-14-5-15-31-51)64(90-70(80)52-32-16-6-17-33-52)66(92-72(82)54-36-20-8-21-37-54)74(86-61)84-48-60-62(88-68(78)50-28-12-4-13-29-50)65(91-71(81)53-34-18-7-19-35-53)67(93-73(83)55-38-22-9-23-39-55)75(87-60)94-57-46-44-56(77)45-47-57/h4-47,60-67,74-75H,48-49H2,1-3H3/t60-,61-,62+,63+,64+,65+,66-,67-,74-,75+/m1/s1. The van der Waals surface area contributed by atoms with E-state index in [-0.39, 0.29) is 40.0 Å². The molecule has 9 aromatic carbocycles. The molecule has 2 fully saturated rings. The summed E-state index contributed by atoms with van der Waals surface area (Å²) in [4.78, 5) is 89.0. The number of thioether (sulfide) groups is 1. The van der Waals surface area contributed by atoms with Gasteiger partial charge >= 0.3 is 35.8 Å². The fourth-order valence-electron chi connectivity index (χ4n) is 11.5. The van der Waals surface area contributed by atoms with E-state index in [1.165, 1.54) is 24.3 Å². The number of benzene rings is 9. The van der Waals surface area contributed by atoms with Crippen molar-refractivity contribution in [1.29, 1.82) is 0 Å². The van der Waals surface area contributed by atoms with Crippen molar-refractivity contribution in [2.24, 2.45) is 0 Å². The Bertz CT molecular complexity index is 3970. The second kappa shape index (κ2) is 31.3. The number of rotatable bonds is 22. The van der Waals surface area contributed by atoms with Crippen molar-refractivity contribution < 1.29 is 75.8 Å². The van der Waals surface area contributed by atoms with Gasteiger partial charge in [-0.25, -0.2) is 28.8 Å². The molecule has 2 saturated heterocycles. The lowest BCUT2D eigenvalue weighted by Crippen LogP contribution is -2.69. The Balaban J connectivity index is 1.07. The van der Waals surface area contributed by atoms with E-state index in [4.69, 9.17) is 47.1 Å². The van der Waals surface area contributed by atoms with Crippen LogP contribution in [0.2, 0.25) is 5.04 Å². The van der Waals surface area contributed by atoms with Crippen molar-refractivity contribution in [2.75, 3.05) is 13.2 Å². The zero-order valence-electron chi connectivity index (χ0n) is 51.9. The average Bonchev–Trinajstić information content (AvgIpc) is 0.792. The van der Waals surface area contributed by atoms with Crippen molar-refractivity contribution >= 4 is 82.2 Å². The van der Waals surface area contributed by atoms with Gasteiger partial charge in [0, 0.05) is 9.37 Å². The first-order chi connectivity index (χ1) is 46.1. The zero-order chi connectivity index (χ0) is 66.3. The molecular formula is C76H67BrO16SSi. The molecule has 0 unspecified atom stereocenters. The van der Waals surface area contributed by atoms with E-state index in [9.17, 15) is 28.8 Å². The van der Waals surface area contributed by atoms with E-state index in [1.54, 1.807) is 170 Å². The number of carbonyl (C=O) groups excluding carboxylic acids is 6. The normalized spacial score (nSPS) is 21.0. The molecule has 0 saturated carbocycles. The lowest BCUT2D eigenvalue weighted by atomic mass is 9.97. The third kappa shape index (κ3) is 16.3. The molecule has 11 rings (SSSR count). The average molecular weight is 1380 g/mol. The molecule has 0 radical (unpaired) electrons. The van der Waals surface area contributed by atoms with Crippen LogP contribution in [-0.4, -0.2) is 118 Å². The summed E-state index contributed by atoms with van der Waals surface area (Å²) in [7, 11) is -3.52. The van der Waals surface area contributed by atoms with Crippen LogP contribution in [0.5, 0.6) is 0 Å². The molecule has 10 atom stereocenters. The largest absolute Gasteiger partial charge is 0.452 e. The van der Waals surface area contributed by atoms with Crippen LogP contribution in [0.1, 0.15) is 82.9 Å². The molecule has 2 aliphatic heterocycles. The Labute approximate surface area is 564 Å². The van der Waals surface area contributed by atoms with Crippen molar-refractivity contribution in [3.8, 4) is 0 Å². The topological polar surface area (TPSA) is 195 Å². The first kappa shape index (κ1) is 67.1. The molecule has 0 aromatic heterocycles. The van der Waals surface area contributed by atoms with Crippen LogP contribution in [0, 0.1) is 0 Å². The van der Waals surface area contributed by atoms with Crippen molar-refractivity contribution in [1.82, 2.24) is 0 Å². The van der Waals surface area contributed by atoms with E-state index in [1.807, 2.05) is 72.8 Å². The fourth-order valence-corrected chi connectivity index (χ4v) is 17.4. The number of ether oxygens (including phenoxy) is 9. The Hall–Kier alpha value is -9.31. The summed E-state index contributed by atoms with van der Waals surface area (Å²) in [5.41, 5.74) is -0.560. The van der Waals surface area contributed by atoms with Crippen LogP contribution in [0.4, 0.5) is 0 Å². The number of esters is 6. The lowest BCUT2D eigenvalue weighted by molar-refractivity contribution is -0.308. The number of carbonyl (C=O) groups is 6. The van der Waals surface area contributed by atoms with Gasteiger partial charge < -0.3 is 47.1 Å². The van der Waals surface area contributed by atoms with E-state index in [0.29, 0.717) is 4.90 Å². The Morgan fingerprint density at radius 2 is 0.663 bits per heavy atom. The van der Waals surface area contributed by atoms with Crippen LogP contribution in [0.15, 0.2) is 276 Å². The van der Waals surface area contributed by atoms with Gasteiger partial charge in [0.2, 0.25) is 0 Å². The SMILES string of the molecule is CC(C)(C)[Si](OC[C@H]1O[C@@H](OC[C@H]2O[C@@H](Sc3ccc(Br)cc3)[C@H](OC(=O)c3ccccc3)[C@@H](OC(=O)c3ccccc3)[C@H]2OC(=O)c2ccccc2)[C@H](OC(=O)c2ccccc2)[C@@H](OC(=O)c2ccccc2)[C@H]1OC(=O)c1ccccc1)(c1ccccc1)c1ccccc1. The smallest absolute Gasteiger partial charge is 0.338 e. The zero-order valence-corrected chi connectivity index (χ0v) is 55.3. The highest BCUT2D eigenvalue weighted by molar-refractivity contribution is 9.10. The van der Waals surface area contributed by atoms with E-state index < -0.39 is 116 Å². The Morgan fingerprint density at radius 1 is 0.368 bits per heavy atom. The van der Waals surface area contributed by atoms with E-state index in [2.05, 4.69) is 36.7 Å². The number of halogens is 1. The predicted molar refractivity (Wildman–Crippen MR) is 361 cm³/mol. The van der Waals surface area contributed by atoms with Crippen molar-refractivity contribution in [3.63, 3.8) is 0 Å². The molecule has 9 aromatic rings. The minimum absolute atomic E-state index is 0.0878. The van der Waals surface area contributed by atoms with Gasteiger partial charge in [-0.15, -0.1) is 0 Å². The van der Waals surface area contributed by atoms with Crippen molar-refractivity contribution in [3.05, 3.63) is 305 Å². The molecule has 0 bridgehead atoms. The molecule has 484 valence electrons. The van der Waals surface area contributed by atoms with E-state index in [0.717, 1.165) is 26.6 Å². The third-order valence-electron chi connectivity index (χ3n) is 16.1. The van der Waals surface area contributed by atoms with Crippen LogP contribution in [0.3, 0.4) is 0 Å². The second-order valence-corrected chi connectivity index (χ2v) is 29.8. The first-order valence-corrected chi connectivity index (χ1v) is 34.4. The van der Waals surface area contributed by atoms with Crippen molar-refractivity contribution in [2.45, 2.75) is 91.3 Å². The van der Waals surface area contributed by atoms with Gasteiger partial charge in [-0.2, -0.15) is 0 Å². The maximum absolute atomic E-state index is 14.9. The van der Waals surface area contributed by atoms with Gasteiger partial charge in [0.1, 0.15) is 17.6 Å². The summed E-state index contributed by atoms with van der Waals surface area (Å²) < 4.78 is 68.7. The maximum Gasteiger partial charge on any atom is 0.338 e. The summed E-state index contributed by atoms with van der Waals surface area (Å²) in [5, 5.41) is 1.20. The predicted octanol–water partition coefficient (Wildman–Crippen LogP) is 12.9. The maximum atomic E-state index is 14.9. The highest BCUT2D eigenvalue weighted by atomic mass is 79.9. The third-order valence-corrected chi connectivity index (χ3v) is 22.8. The second-order valence-electron chi connectivity index (χ2n) is 23.4. The van der Waals surface area contributed by atoms with Gasteiger partial charge in [-0.05, 0) is 112 Å². The minimum atomic E-state index is -3.52. The quantitative estimate of drug-likeness (QED) is 0.0353. The summed E-state index contributed by atoms with van der Waals surface area (Å²) >= 11 is 4.65. The van der Waals surface area contributed by atoms with Crippen LogP contribution >= 0.6 is 27.7 Å². The van der Waals surface area contributed by atoms with Crippen LogP contribution in [-0.2, 0) is 47.1 Å². The molecule has 19 heteroatoms. The fraction of sp³-hybridized carbons (Fsp3) is 0.211. The molecule has 0 N–H and O–H groups in total. The van der Waals surface area contributed by atoms with Crippen LogP contribution < -0.4 is 10.4 Å².